The Labute approximate surface area is 93.7 Å². The van der Waals surface area contributed by atoms with Crippen molar-refractivity contribution in [2.45, 2.75) is 0 Å². The van der Waals surface area contributed by atoms with Crippen LogP contribution < -0.4 is 15.2 Å². The molecule has 0 spiro atoms. The highest BCUT2D eigenvalue weighted by molar-refractivity contribution is 6.28. The number of methoxy groups -OCH3 is 2. The lowest BCUT2D eigenvalue weighted by Gasteiger charge is -2.07. The van der Waals surface area contributed by atoms with Gasteiger partial charge in [0, 0.05) is 6.07 Å². The van der Waals surface area contributed by atoms with E-state index in [0.29, 0.717) is 23.0 Å². The lowest BCUT2D eigenvalue weighted by atomic mass is 10.3. The van der Waals surface area contributed by atoms with Crippen LogP contribution in [0.5, 0.6) is 11.5 Å². The Morgan fingerprint density at radius 3 is 2.67 bits per heavy atom. The number of hydrogen-bond donors (Lipinski definition) is 1. The molecule has 1 aromatic rings. The topological polar surface area (TPSA) is 56.8 Å². The Morgan fingerprint density at radius 2 is 2.13 bits per heavy atom. The average molecular weight is 229 g/mol. The van der Waals surface area contributed by atoms with Gasteiger partial charge in [-0.1, -0.05) is 0 Å². The van der Waals surface area contributed by atoms with Gasteiger partial charge in [0.15, 0.2) is 0 Å². The van der Waals surface area contributed by atoms with E-state index in [1.807, 2.05) is 0 Å². The van der Waals surface area contributed by atoms with Crippen molar-refractivity contribution in [1.82, 2.24) is 0 Å². The maximum atomic E-state index is 5.53. The number of nitrogens with zero attached hydrogens (tertiary/aromatic N) is 1. The first-order valence-corrected chi connectivity index (χ1v) is 4.85. The molecule has 1 aromatic carbocycles. The molecule has 0 aliphatic heterocycles. The van der Waals surface area contributed by atoms with E-state index in [4.69, 9.17) is 26.8 Å². The number of benzene rings is 1. The van der Waals surface area contributed by atoms with Gasteiger partial charge in [-0.3, -0.25) is 0 Å². The number of amidine groups is 1. The van der Waals surface area contributed by atoms with Gasteiger partial charge < -0.3 is 15.2 Å². The summed E-state index contributed by atoms with van der Waals surface area (Å²) < 4.78 is 10.2. The van der Waals surface area contributed by atoms with Crippen molar-refractivity contribution in [1.29, 1.82) is 0 Å². The smallest absolute Gasteiger partial charge is 0.148 e. The van der Waals surface area contributed by atoms with Crippen LogP contribution in [0.2, 0.25) is 0 Å². The molecule has 0 heterocycles. The number of nitrogens with two attached hydrogens (primary N) is 1. The Morgan fingerprint density at radius 1 is 1.40 bits per heavy atom. The number of rotatable bonds is 4. The second-order valence-corrected chi connectivity index (χ2v) is 3.04. The van der Waals surface area contributed by atoms with E-state index >= 15 is 0 Å². The summed E-state index contributed by atoms with van der Waals surface area (Å²) in [6.45, 7) is 0. The Bertz CT molecular complexity index is 366. The van der Waals surface area contributed by atoms with E-state index < -0.39 is 0 Å². The summed E-state index contributed by atoms with van der Waals surface area (Å²) in [6, 6.07) is 5.28. The number of aliphatic imine (C=N–C) groups is 1. The van der Waals surface area contributed by atoms with Crippen LogP contribution in [-0.2, 0) is 0 Å². The SMILES string of the molecule is COc1ccc(N=C(N)CCl)c(OC)c1. The van der Waals surface area contributed by atoms with Crippen molar-refractivity contribution in [3.05, 3.63) is 18.2 Å². The molecule has 0 saturated carbocycles. The van der Waals surface area contributed by atoms with E-state index in [1.165, 1.54) is 0 Å². The average Bonchev–Trinajstić information content (AvgIpc) is 2.29. The molecule has 0 fully saturated rings. The van der Waals surface area contributed by atoms with Gasteiger partial charge in [-0.05, 0) is 12.1 Å². The molecule has 82 valence electrons. The monoisotopic (exact) mass is 228 g/mol. The third kappa shape index (κ3) is 3.02. The summed E-state index contributed by atoms with van der Waals surface area (Å²) in [5.74, 6) is 1.84. The second kappa shape index (κ2) is 5.46. The summed E-state index contributed by atoms with van der Waals surface area (Å²) >= 11 is 5.53. The van der Waals surface area contributed by atoms with E-state index in [9.17, 15) is 0 Å². The summed E-state index contributed by atoms with van der Waals surface area (Å²) in [5.41, 5.74) is 6.17. The molecule has 0 aromatic heterocycles. The van der Waals surface area contributed by atoms with Crippen LogP contribution in [0.1, 0.15) is 0 Å². The molecule has 0 radical (unpaired) electrons. The molecular formula is C10H13ClN2O2. The molecule has 0 amide bonds. The van der Waals surface area contributed by atoms with Crippen molar-refractivity contribution in [2.75, 3.05) is 20.1 Å². The zero-order chi connectivity index (χ0) is 11.3. The van der Waals surface area contributed by atoms with Crippen molar-refractivity contribution in [2.24, 2.45) is 10.7 Å². The van der Waals surface area contributed by atoms with Gasteiger partial charge in [-0.25, -0.2) is 4.99 Å². The lowest BCUT2D eigenvalue weighted by Crippen LogP contribution is -2.12. The Kier molecular flexibility index (Phi) is 4.24. The number of alkyl halides is 1. The van der Waals surface area contributed by atoms with E-state index in [1.54, 1.807) is 32.4 Å². The van der Waals surface area contributed by atoms with Crippen LogP contribution in [0.4, 0.5) is 5.69 Å². The zero-order valence-corrected chi connectivity index (χ0v) is 9.41. The normalized spacial score (nSPS) is 11.3. The van der Waals surface area contributed by atoms with Crippen LogP contribution in [0, 0.1) is 0 Å². The molecular weight excluding hydrogens is 216 g/mol. The molecule has 0 saturated heterocycles. The van der Waals surface area contributed by atoms with Crippen LogP contribution in [0.25, 0.3) is 0 Å². The lowest BCUT2D eigenvalue weighted by molar-refractivity contribution is 0.395. The quantitative estimate of drug-likeness (QED) is 0.487. The first kappa shape index (κ1) is 11.7. The van der Waals surface area contributed by atoms with E-state index in [2.05, 4.69) is 4.99 Å². The van der Waals surface area contributed by atoms with Gasteiger partial charge in [0.2, 0.25) is 0 Å². The van der Waals surface area contributed by atoms with Gasteiger partial charge in [0.05, 0.1) is 20.1 Å². The molecule has 0 aliphatic carbocycles. The molecule has 4 nitrogen and oxygen atoms in total. The first-order valence-electron chi connectivity index (χ1n) is 4.32. The molecule has 5 heteroatoms. The summed E-state index contributed by atoms with van der Waals surface area (Å²) in [6.07, 6.45) is 0. The van der Waals surface area contributed by atoms with Crippen molar-refractivity contribution in [3.63, 3.8) is 0 Å². The standard InChI is InChI=1S/C10H13ClN2O2/c1-14-7-3-4-8(9(5-7)15-2)13-10(12)6-11/h3-5H,6H2,1-2H3,(H2,12,13). The Hall–Kier alpha value is -1.42. The highest BCUT2D eigenvalue weighted by atomic mass is 35.5. The van der Waals surface area contributed by atoms with Crippen molar-refractivity contribution in [3.8, 4) is 11.5 Å². The molecule has 15 heavy (non-hydrogen) atoms. The van der Waals surface area contributed by atoms with Crippen LogP contribution >= 0.6 is 11.6 Å². The highest BCUT2D eigenvalue weighted by Crippen LogP contribution is 2.31. The van der Waals surface area contributed by atoms with Crippen LogP contribution in [0.15, 0.2) is 23.2 Å². The van der Waals surface area contributed by atoms with Crippen molar-refractivity contribution >= 4 is 23.1 Å². The van der Waals surface area contributed by atoms with Gasteiger partial charge in [0.1, 0.15) is 23.0 Å². The maximum Gasteiger partial charge on any atom is 0.148 e. The second-order valence-electron chi connectivity index (χ2n) is 2.77. The minimum Gasteiger partial charge on any atom is -0.497 e. The van der Waals surface area contributed by atoms with Crippen LogP contribution in [0.3, 0.4) is 0 Å². The molecule has 0 unspecified atom stereocenters. The predicted molar refractivity (Wildman–Crippen MR) is 61.5 cm³/mol. The summed E-state index contributed by atoms with van der Waals surface area (Å²) in [7, 11) is 3.15. The van der Waals surface area contributed by atoms with E-state index in [0.717, 1.165) is 0 Å². The van der Waals surface area contributed by atoms with Gasteiger partial charge >= 0.3 is 0 Å². The van der Waals surface area contributed by atoms with E-state index in [-0.39, 0.29) is 5.88 Å². The first-order chi connectivity index (χ1) is 7.21. The fraction of sp³-hybridized carbons (Fsp3) is 0.300. The fourth-order valence-corrected chi connectivity index (χ4v) is 1.12. The zero-order valence-electron chi connectivity index (χ0n) is 8.66. The number of hydrogen-bond acceptors (Lipinski definition) is 3. The number of halogens is 1. The predicted octanol–water partition coefficient (Wildman–Crippen LogP) is 1.93. The summed E-state index contributed by atoms with van der Waals surface area (Å²) in [4.78, 5) is 4.11. The highest BCUT2D eigenvalue weighted by Gasteiger charge is 2.04. The molecule has 0 bridgehead atoms. The minimum atomic E-state index is 0.190. The minimum absolute atomic E-state index is 0.190. The molecule has 0 aliphatic rings. The van der Waals surface area contributed by atoms with Crippen molar-refractivity contribution < 1.29 is 9.47 Å². The van der Waals surface area contributed by atoms with Gasteiger partial charge in [0.25, 0.3) is 0 Å². The maximum absolute atomic E-state index is 5.53. The third-order valence-electron chi connectivity index (χ3n) is 1.79. The van der Waals surface area contributed by atoms with Gasteiger partial charge in [-0.2, -0.15) is 0 Å². The molecule has 2 N–H and O–H groups in total. The third-order valence-corrected chi connectivity index (χ3v) is 2.06. The summed E-state index contributed by atoms with van der Waals surface area (Å²) in [5, 5.41) is 0. The number of ether oxygens (including phenoxy) is 2. The Balaban J connectivity index is 3.08. The van der Waals surface area contributed by atoms with Gasteiger partial charge in [-0.15, -0.1) is 11.6 Å². The van der Waals surface area contributed by atoms with Crippen LogP contribution in [-0.4, -0.2) is 25.9 Å². The fourth-order valence-electron chi connectivity index (χ4n) is 1.06. The molecule has 1 rings (SSSR count). The largest absolute Gasteiger partial charge is 0.497 e. The molecule has 0 atom stereocenters.